The number of Topliss-reactive ketones (excluding diaryl/α,β-unsaturated/α-hetero) is 2. The van der Waals surface area contributed by atoms with Crippen LogP contribution in [0.15, 0.2) is 48.5 Å². The Bertz CT molecular complexity index is 697. The van der Waals surface area contributed by atoms with Gasteiger partial charge in [-0.3, -0.25) is 9.59 Å². The molecule has 0 radical (unpaired) electrons. The number of ketones is 2. The van der Waals surface area contributed by atoms with Gasteiger partial charge in [0.2, 0.25) is 0 Å². The van der Waals surface area contributed by atoms with E-state index in [0.717, 1.165) is 6.07 Å². The first-order chi connectivity index (χ1) is 9.05. The second kappa shape index (κ2) is 4.10. The van der Waals surface area contributed by atoms with E-state index in [0.29, 0.717) is 5.56 Å². The van der Waals surface area contributed by atoms with Gasteiger partial charge in [-0.2, -0.15) is 0 Å². The molecule has 0 bridgehead atoms. The summed E-state index contributed by atoms with van der Waals surface area (Å²) in [6.45, 7) is 0. The lowest BCUT2D eigenvalue weighted by molar-refractivity contribution is 0.0871. The van der Waals surface area contributed by atoms with E-state index in [4.69, 9.17) is 0 Å². The molecule has 1 unspecified atom stereocenters. The molecule has 94 valence electrons. The third-order valence-corrected chi connectivity index (χ3v) is 4.45. The molecular weight excluding hydrogens is 311 g/mol. The van der Waals surface area contributed by atoms with Gasteiger partial charge in [0.25, 0.3) is 0 Å². The van der Waals surface area contributed by atoms with Gasteiger partial charge in [0.15, 0.2) is 15.9 Å². The maximum Gasteiger partial charge on any atom is 0.192 e. The highest BCUT2D eigenvalue weighted by atomic mass is 79.9. The van der Waals surface area contributed by atoms with Crippen LogP contribution in [0.25, 0.3) is 0 Å². The molecule has 0 saturated heterocycles. The quantitative estimate of drug-likeness (QED) is 0.595. The van der Waals surface area contributed by atoms with Gasteiger partial charge in [0, 0.05) is 11.1 Å². The summed E-state index contributed by atoms with van der Waals surface area (Å²) >= 11 is 3.27. The average molecular weight is 319 g/mol. The molecule has 1 atom stereocenters. The molecule has 1 aliphatic rings. The standard InChI is InChI=1S/C15H8BrFO2/c16-15(9-4-2-1-3-5-9)13(18)11-7-6-10(17)8-12(11)14(15)19/h1-8H. The van der Waals surface area contributed by atoms with Crippen LogP contribution in [0, 0.1) is 5.82 Å². The van der Waals surface area contributed by atoms with Crippen molar-refractivity contribution in [1.29, 1.82) is 0 Å². The second-order valence-electron chi connectivity index (χ2n) is 4.37. The average Bonchev–Trinajstić information content (AvgIpc) is 2.63. The normalized spacial score (nSPS) is 21.6. The summed E-state index contributed by atoms with van der Waals surface area (Å²) in [5.41, 5.74) is 0.944. The van der Waals surface area contributed by atoms with Crippen LogP contribution in [0.5, 0.6) is 0 Å². The van der Waals surface area contributed by atoms with Gasteiger partial charge in [-0.05, 0) is 23.8 Å². The first-order valence-electron chi connectivity index (χ1n) is 5.68. The Morgan fingerprint density at radius 2 is 1.53 bits per heavy atom. The lowest BCUT2D eigenvalue weighted by Gasteiger charge is -2.18. The molecule has 2 nitrogen and oxygen atoms in total. The highest BCUT2D eigenvalue weighted by Gasteiger charge is 2.52. The number of carbonyl (C=O) groups excluding carboxylic acids is 2. The zero-order chi connectivity index (χ0) is 13.6. The zero-order valence-corrected chi connectivity index (χ0v) is 11.3. The molecular formula is C15H8BrFO2. The summed E-state index contributed by atoms with van der Waals surface area (Å²) < 4.78 is 11.8. The van der Waals surface area contributed by atoms with Gasteiger partial charge in [-0.25, -0.2) is 4.39 Å². The molecule has 3 rings (SSSR count). The third-order valence-electron chi connectivity index (χ3n) is 3.27. The Kier molecular flexibility index (Phi) is 2.64. The van der Waals surface area contributed by atoms with Gasteiger partial charge in [0.1, 0.15) is 5.82 Å². The van der Waals surface area contributed by atoms with E-state index < -0.39 is 15.9 Å². The molecule has 4 heteroatoms. The maximum absolute atomic E-state index is 13.2. The summed E-state index contributed by atoms with van der Waals surface area (Å²) in [6, 6.07) is 12.4. The Labute approximate surface area is 117 Å². The van der Waals surface area contributed by atoms with Crippen LogP contribution in [-0.2, 0) is 4.32 Å². The third kappa shape index (κ3) is 1.60. The van der Waals surface area contributed by atoms with E-state index >= 15 is 0 Å². The van der Waals surface area contributed by atoms with Crippen molar-refractivity contribution in [3.63, 3.8) is 0 Å². The summed E-state index contributed by atoms with van der Waals surface area (Å²) in [5, 5.41) is 0. The van der Waals surface area contributed by atoms with E-state index in [1.54, 1.807) is 30.3 Å². The molecule has 0 N–H and O–H groups in total. The maximum atomic E-state index is 13.2. The van der Waals surface area contributed by atoms with E-state index in [9.17, 15) is 14.0 Å². The van der Waals surface area contributed by atoms with Crippen LogP contribution < -0.4 is 0 Å². The fourth-order valence-corrected chi connectivity index (χ4v) is 3.00. The minimum atomic E-state index is -1.43. The van der Waals surface area contributed by atoms with Crippen LogP contribution in [0.2, 0.25) is 0 Å². The van der Waals surface area contributed by atoms with Crippen LogP contribution in [0.4, 0.5) is 4.39 Å². The number of carbonyl (C=O) groups is 2. The highest BCUT2D eigenvalue weighted by Crippen LogP contribution is 2.44. The molecule has 0 spiro atoms. The molecule has 0 aliphatic heterocycles. The first-order valence-corrected chi connectivity index (χ1v) is 6.48. The van der Waals surface area contributed by atoms with E-state index in [1.807, 2.05) is 0 Å². The zero-order valence-electron chi connectivity index (χ0n) is 9.69. The van der Waals surface area contributed by atoms with Gasteiger partial charge in [0.05, 0.1) is 0 Å². The summed E-state index contributed by atoms with van der Waals surface area (Å²) in [6.07, 6.45) is 0. The topological polar surface area (TPSA) is 34.1 Å². The van der Waals surface area contributed by atoms with Crippen LogP contribution in [0.1, 0.15) is 26.3 Å². The molecule has 0 saturated carbocycles. The molecule has 0 aromatic heterocycles. The number of alkyl halides is 1. The predicted molar refractivity (Wildman–Crippen MR) is 72.1 cm³/mol. The number of hydrogen-bond donors (Lipinski definition) is 0. The van der Waals surface area contributed by atoms with Crippen molar-refractivity contribution < 1.29 is 14.0 Å². The summed E-state index contributed by atoms with van der Waals surface area (Å²) in [5.74, 6) is -1.29. The SMILES string of the molecule is O=C1c2ccc(F)cc2C(=O)C1(Br)c1ccccc1. The molecule has 0 fully saturated rings. The minimum Gasteiger partial charge on any atom is -0.292 e. The second-order valence-corrected chi connectivity index (χ2v) is 5.56. The van der Waals surface area contributed by atoms with Crippen molar-refractivity contribution in [3.8, 4) is 0 Å². The molecule has 0 amide bonds. The van der Waals surface area contributed by atoms with E-state index in [1.165, 1.54) is 12.1 Å². The summed E-state index contributed by atoms with van der Waals surface area (Å²) in [4.78, 5) is 24.9. The van der Waals surface area contributed by atoms with Crippen LogP contribution in [0.3, 0.4) is 0 Å². The summed E-state index contributed by atoms with van der Waals surface area (Å²) in [7, 11) is 0. The fourth-order valence-electron chi connectivity index (χ4n) is 2.31. The van der Waals surface area contributed by atoms with Crippen molar-refractivity contribution in [2.75, 3.05) is 0 Å². The minimum absolute atomic E-state index is 0.130. The first kappa shape index (κ1) is 12.2. The Morgan fingerprint density at radius 3 is 2.21 bits per heavy atom. The van der Waals surface area contributed by atoms with Gasteiger partial charge in [-0.15, -0.1) is 0 Å². The van der Waals surface area contributed by atoms with E-state index in [2.05, 4.69) is 15.9 Å². The molecule has 1 aliphatic carbocycles. The lowest BCUT2D eigenvalue weighted by Crippen LogP contribution is -2.31. The number of hydrogen-bond acceptors (Lipinski definition) is 2. The highest BCUT2D eigenvalue weighted by molar-refractivity contribution is 9.10. The van der Waals surface area contributed by atoms with Gasteiger partial charge >= 0.3 is 0 Å². The molecule has 2 aromatic carbocycles. The Balaban J connectivity index is 2.23. The van der Waals surface area contributed by atoms with Crippen molar-refractivity contribution in [1.82, 2.24) is 0 Å². The Hall–Kier alpha value is -1.81. The fraction of sp³-hybridized carbons (Fsp3) is 0.0667. The van der Waals surface area contributed by atoms with Gasteiger partial charge < -0.3 is 0 Å². The smallest absolute Gasteiger partial charge is 0.192 e. The molecule has 0 heterocycles. The van der Waals surface area contributed by atoms with Crippen LogP contribution in [-0.4, -0.2) is 11.6 Å². The molecule has 19 heavy (non-hydrogen) atoms. The number of halogens is 2. The van der Waals surface area contributed by atoms with E-state index in [-0.39, 0.29) is 16.9 Å². The van der Waals surface area contributed by atoms with Crippen molar-refractivity contribution in [2.24, 2.45) is 0 Å². The predicted octanol–water partition coefficient (Wildman–Crippen LogP) is 3.50. The van der Waals surface area contributed by atoms with Crippen molar-refractivity contribution >= 4 is 27.5 Å². The molecule has 2 aromatic rings. The largest absolute Gasteiger partial charge is 0.292 e. The Morgan fingerprint density at radius 1 is 0.895 bits per heavy atom. The van der Waals surface area contributed by atoms with Crippen molar-refractivity contribution in [3.05, 3.63) is 71.0 Å². The van der Waals surface area contributed by atoms with Crippen LogP contribution >= 0.6 is 15.9 Å². The number of rotatable bonds is 1. The number of fused-ring (bicyclic) bond motifs is 1. The van der Waals surface area contributed by atoms with Crippen molar-refractivity contribution in [2.45, 2.75) is 4.32 Å². The monoisotopic (exact) mass is 318 g/mol. The lowest BCUT2D eigenvalue weighted by atomic mass is 9.94. The number of benzene rings is 2. The van der Waals surface area contributed by atoms with Gasteiger partial charge in [-0.1, -0.05) is 46.3 Å².